The zero-order valence-corrected chi connectivity index (χ0v) is 9.55. The fraction of sp³-hybridized carbons (Fsp3) is 0.538. The summed E-state index contributed by atoms with van der Waals surface area (Å²) in [6.07, 6.45) is 0.743. The number of likely N-dealkylation sites (tertiary alicyclic amines) is 1. The third-order valence-corrected chi connectivity index (χ3v) is 3.36. The number of β-amino-alcohol motifs (C(OH)–C–C–N with tert-alkyl or cyclic N) is 1. The highest BCUT2D eigenvalue weighted by Gasteiger charge is 2.26. The van der Waals surface area contributed by atoms with Gasteiger partial charge < -0.3 is 10.8 Å². The van der Waals surface area contributed by atoms with E-state index in [4.69, 9.17) is 5.73 Å². The first-order chi connectivity index (χ1) is 7.79. The van der Waals surface area contributed by atoms with Gasteiger partial charge in [-0.25, -0.2) is 0 Å². The normalized spacial score (nSPS) is 26.9. The largest absolute Gasteiger partial charge is 0.391 e. The van der Waals surface area contributed by atoms with E-state index in [0.29, 0.717) is 6.54 Å². The minimum absolute atomic E-state index is 0.262. The maximum absolute atomic E-state index is 9.90. The third-order valence-electron chi connectivity index (χ3n) is 3.36. The number of hydrogen-bond donors (Lipinski definition) is 2. The fourth-order valence-electron chi connectivity index (χ4n) is 2.31. The highest BCUT2D eigenvalue weighted by molar-refractivity contribution is 5.14. The number of piperidine rings is 1. The Bertz CT molecular complexity index is 315. The fourth-order valence-corrected chi connectivity index (χ4v) is 2.31. The van der Waals surface area contributed by atoms with Crippen LogP contribution in [0.15, 0.2) is 30.3 Å². The van der Waals surface area contributed by atoms with Crippen molar-refractivity contribution in [3.63, 3.8) is 0 Å². The Morgan fingerprint density at radius 3 is 2.69 bits per heavy atom. The summed E-state index contributed by atoms with van der Waals surface area (Å²) in [5.41, 5.74) is 6.92. The second-order valence-corrected chi connectivity index (χ2v) is 4.57. The Morgan fingerprint density at radius 2 is 2.06 bits per heavy atom. The van der Waals surface area contributed by atoms with E-state index in [-0.39, 0.29) is 12.0 Å². The molecule has 3 N–H and O–H groups in total. The topological polar surface area (TPSA) is 49.5 Å². The predicted octanol–water partition coefficient (Wildman–Crippen LogP) is 0.828. The molecule has 1 heterocycles. The molecule has 0 bridgehead atoms. The number of nitrogens with two attached hydrogens (primary N) is 1. The van der Waals surface area contributed by atoms with Crippen LogP contribution < -0.4 is 5.73 Å². The quantitative estimate of drug-likeness (QED) is 0.793. The first kappa shape index (κ1) is 11.6. The third kappa shape index (κ3) is 2.82. The summed E-state index contributed by atoms with van der Waals surface area (Å²) in [6.45, 7) is 3.31. The lowest BCUT2D eigenvalue weighted by molar-refractivity contribution is 0.0221. The van der Waals surface area contributed by atoms with Crippen LogP contribution in [0.25, 0.3) is 0 Å². The molecule has 1 fully saturated rings. The highest BCUT2D eigenvalue weighted by Crippen LogP contribution is 2.18. The zero-order chi connectivity index (χ0) is 11.4. The first-order valence-electron chi connectivity index (χ1n) is 5.94. The summed E-state index contributed by atoms with van der Waals surface area (Å²) in [5.74, 6) is 0.284. The molecule has 0 unspecified atom stereocenters. The van der Waals surface area contributed by atoms with Crippen LogP contribution in [0, 0.1) is 5.92 Å². The zero-order valence-electron chi connectivity index (χ0n) is 9.55. The van der Waals surface area contributed by atoms with Gasteiger partial charge in [0, 0.05) is 13.1 Å². The van der Waals surface area contributed by atoms with Gasteiger partial charge in [-0.2, -0.15) is 0 Å². The van der Waals surface area contributed by atoms with Crippen molar-refractivity contribution in [2.75, 3.05) is 19.6 Å². The standard InChI is InChI=1S/C13H20N2O/c14-8-12-6-7-15(10-13(12)16)9-11-4-2-1-3-5-11/h1-5,12-13,16H,6-10,14H2/t12-,13+/m0/s1. The summed E-state index contributed by atoms with van der Waals surface area (Å²) in [4.78, 5) is 2.30. The number of aliphatic hydroxyl groups is 1. The van der Waals surface area contributed by atoms with E-state index in [1.807, 2.05) is 6.07 Å². The monoisotopic (exact) mass is 220 g/mol. The van der Waals surface area contributed by atoms with Crippen molar-refractivity contribution >= 4 is 0 Å². The van der Waals surface area contributed by atoms with Gasteiger partial charge in [-0.15, -0.1) is 0 Å². The summed E-state index contributed by atoms with van der Waals surface area (Å²) in [6, 6.07) is 10.4. The summed E-state index contributed by atoms with van der Waals surface area (Å²) >= 11 is 0. The Labute approximate surface area is 96.9 Å². The number of nitrogens with zero attached hydrogens (tertiary/aromatic N) is 1. The molecule has 0 aromatic heterocycles. The molecular formula is C13H20N2O. The van der Waals surface area contributed by atoms with E-state index in [1.54, 1.807) is 0 Å². The van der Waals surface area contributed by atoms with Crippen LogP contribution in [0.4, 0.5) is 0 Å². The lowest BCUT2D eigenvalue weighted by Gasteiger charge is -2.35. The summed E-state index contributed by atoms with van der Waals surface area (Å²) in [5, 5.41) is 9.90. The molecule has 1 aromatic carbocycles. The van der Waals surface area contributed by atoms with Gasteiger partial charge in [-0.05, 0) is 31.0 Å². The molecule has 0 radical (unpaired) electrons. The molecule has 2 rings (SSSR count). The van der Waals surface area contributed by atoms with Crippen molar-refractivity contribution in [1.29, 1.82) is 0 Å². The molecule has 1 saturated heterocycles. The van der Waals surface area contributed by atoms with Crippen molar-refractivity contribution in [3.8, 4) is 0 Å². The number of benzene rings is 1. The van der Waals surface area contributed by atoms with E-state index in [2.05, 4.69) is 29.2 Å². The van der Waals surface area contributed by atoms with Crippen LogP contribution in [-0.2, 0) is 6.54 Å². The molecule has 0 aliphatic carbocycles. The van der Waals surface area contributed by atoms with E-state index in [0.717, 1.165) is 26.1 Å². The molecule has 1 aromatic rings. The second kappa shape index (κ2) is 5.43. The van der Waals surface area contributed by atoms with E-state index in [9.17, 15) is 5.11 Å². The molecule has 1 aliphatic heterocycles. The summed E-state index contributed by atoms with van der Waals surface area (Å²) in [7, 11) is 0. The maximum atomic E-state index is 9.90. The molecule has 0 spiro atoms. The van der Waals surface area contributed by atoms with Crippen molar-refractivity contribution in [1.82, 2.24) is 4.90 Å². The molecule has 3 nitrogen and oxygen atoms in total. The second-order valence-electron chi connectivity index (χ2n) is 4.57. The maximum Gasteiger partial charge on any atom is 0.0707 e. The van der Waals surface area contributed by atoms with Crippen LogP contribution in [0.1, 0.15) is 12.0 Å². The van der Waals surface area contributed by atoms with E-state index < -0.39 is 0 Å². The minimum Gasteiger partial charge on any atom is -0.391 e. The Kier molecular flexibility index (Phi) is 3.93. The van der Waals surface area contributed by atoms with Gasteiger partial charge >= 0.3 is 0 Å². The Hall–Kier alpha value is -0.900. The molecule has 0 amide bonds. The first-order valence-corrected chi connectivity index (χ1v) is 5.94. The van der Waals surface area contributed by atoms with Crippen LogP contribution in [0.5, 0.6) is 0 Å². The molecule has 0 saturated carbocycles. The number of aliphatic hydroxyl groups excluding tert-OH is 1. The van der Waals surface area contributed by atoms with Crippen molar-refractivity contribution in [2.24, 2.45) is 11.7 Å². The lowest BCUT2D eigenvalue weighted by Crippen LogP contribution is -2.45. The highest BCUT2D eigenvalue weighted by atomic mass is 16.3. The molecule has 16 heavy (non-hydrogen) atoms. The molecule has 2 atom stereocenters. The van der Waals surface area contributed by atoms with Gasteiger partial charge in [0.2, 0.25) is 0 Å². The SMILES string of the molecule is NC[C@@H]1CCN(Cc2ccccc2)C[C@H]1O. The van der Waals surface area contributed by atoms with Crippen LogP contribution in [0.3, 0.4) is 0 Å². The van der Waals surface area contributed by atoms with Gasteiger partial charge in [0.1, 0.15) is 0 Å². The van der Waals surface area contributed by atoms with Crippen molar-refractivity contribution in [2.45, 2.75) is 19.1 Å². The average molecular weight is 220 g/mol. The number of rotatable bonds is 3. The number of hydrogen-bond acceptors (Lipinski definition) is 3. The van der Waals surface area contributed by atoms with Crippen molar-refractivity contribution in [3.05, 3.63) is 35.9 Å². The smallest absolute Gasteiger partial charge is 0.0707 e. The molecule has 1 aliphatic rings. The van der Waals surface area contributed by atoms with Crippen LogP contribution in [-0.4, -0.2) is 35.7 Å². The van der Waals surface area contributed by atoms with Crippen molar-refractivity contribution < 1.29 is 5.11 Å². The van der Waals surface area contributed by atoms with Gasteiger partial charge in [-0.1, -0.05) is 30.3 Å². The Morgan fingerprint density at radius 1 is 1.31 bits per heavy atom. The van der Waals surface area contributed by atoms with Crippen LogP contribution in [0.2, 0.25) is 0 Å². The summed E-state index contributed by atoms with van der Waals surface area (Å²) < 4.78 is 0. The Balaban J connectivity index is 1.89. The van der Waals surface area contributed by atoms with E-state index >= 15 is 0 Å². The average Bonchev–Trinajstić information content (AvgIpc) is 2.31. The van der Waals surface area contributed by atoms with Gasteiger partial charge in [0.15, 0.2) is 0 Å². The van der Waals surface area contributed by atoms with Gasteiger partial charge in [0.05, 0.1) is 6.10 Å². The molecular weight excluding hydrogens is 200 g/mol. The van der Waals surface area contributed by atoms with Gasteiger partial charge in [-0.3, -0.25) is 4.90 Å². The lowest BCUT2D eigenvalue weighted by atomic mass is 9.94. The van der Waals surface area contributed by atoms with Gasteiger partial charge in [0.25, 0.3) is 0 Å². The molecule has 3 heteroatoms. The van der Waals surface area contributed by atoms with E-state index in [1.165, 1.54) is 5.56 Å². The predicted molar refractivity (Wildman–Crippen MR) is 64.9 cm³/mol. The molecule has 88 valence electrons. The van der Waals surface area contributed by atoms with Crippen LogP contribution >= 0.6 is 0 Å². The minimum atomic E-state index is -0.262.